The number of ether oxygens (including phenoxy) is 3. The number of hydrogen-bond acceptors (Lipinski definition) is 4. The second-order valence-electron chi connectivity index (χ2n) is 5.96. The largest absolute Gasteiger partial charge is 0.493 e. The van der Waals surface area contributed by atoms with E-state index < -0.39 is 0 Å². The van der Waals surface area contributed by atoms with E-state index in [1.807, 2.05) is 79.0 Å². The lowest BCUT2D eigenvalue weighted by atomic mass is 9.99. The minimum Gasteiger partial charge on any atom is -0.493 e. The third-order valence-electron chi connectivity index (χ3n) is 4.31. The highest BCUT2D eigenvalue weighted by molar-refractivity contribution is 5.82. The minimum atomic E-state index is -0.270. The summed E-state index contributed by atoms with van der Waals surface area (Å²) in [5.41, 5.74) is 3.75. The Morgan fingerprint density at radius 2 is 1.37 bits per heavy atom. The van der Waals surface area contributed by atoms with Crippen molar-refractivity contribution >= 4 is 11.9 Å². The summed E-state index contributed by atoms with van der Waals surface area (Å²) < 4.78 is 16.8. The molecule has 27 heavy (non-hydrogen) atoms. The molecule has 0 amide bonds. The predicted octanol–water partition coefficient (Wildman–Crippen LogP) is 5.19. The summed E-state index contributed by atoms with van der Waals surface area (Å²) in [5, 5.41) is 0. The lowest BCUT2D eigenvalue weighted by Gasteiger charge is -2.20. The molecule has 3 aromatic carbocycles. The summed E-state index contributed by atoms with van der Waals surface area (Å²) in [5.74, 6) is 1.27. The Kier molecular flexibility index (Phi) is 6.23. The minimum absolute atomic E-state index is 0.270. The Hall–Kier alpha value is -3.11. The zero-order valence-electron chi connectivity index (χ0n) is 15.8. The van der Waals surface area contributed by atoms with Crippen molar-refractivity contribution in [1.82, 2.24) is 0 Å². The van der Waals surface area contributed by atoms with Gasteiger partial charge in [-0.3, -0.25) is 4.99 Å². The molecule has 1 atom stereocenters. The van der Waals surface area contributed by atoms with Crippen molar-refractivity contribution in [2.45, 2.75) is 6.10 Å². The van der Waals surface area contributed by atoms with E-state index in [0.717, 1.165) is 22.4 Å². The second-order valence-corrected chi connectivity index (χ2v) is 5.96. The third kappa shape index (κ3) is 4.36. The van der Waals surface area contributed by atoms with Gasteiger partial charge in [0.15, 0.2) is 11.5 Å². The van der Waals surface area contributed by atoms with E-state index in [1.54, 1.807) is 21.3 Å². The number of hydrogen-bond donors (Lipinski definition) is 0. The maximum atomic E-state index is 5.82. The third-order valence-corrected chi connectivity index (χ3v) is 4.31. The summed E-state index contributed by atoms with van der Waals surface area (Å²) in [6, 6.07) is 23.8. The second kappa shape index (κ2) is 9.01. The predicted molar refractivity (Wildman–Crippen MR) is 109 cm³/mol. The van der Waals surface area contributed by atoms with Gasteiger partial charge < -0.3 is 14.2 Å². The molecule has 0 aliphatic rings. The van der Waals surface area contributed by atoms with Crippen LogP contribution in [0.15, 0.2) is 77.8 Å². The molecular formula is C23H23NO3. The van der Waals surface area contributed by atoms with Crippen LogP contribution in [0.2, 0.25) is 0 Å². The van der Waals surface area contributed by atoms with Gasteiger partial charge in [0, 0.05) is 25.0 Å². The normalized spacial score (nSPS) is 12.1. The van der Waals surface area contributed by atoms with E-state index in [9.17, 15) is 0 Å². The maximum Gasteiger partial charge on any atom is 0.162 e. The lowest BCUT2D eigenvalue weighted by Crippen LogP contribution is -2.05. The Morgan fingerprint density at radius 3 is 1.96 bits per heavy atom. The van der Waals surface area contributed by atoms with Crippen LogP contribution in [-0.4, -0.2) is 27.5 Å². The van der Waals surface area contributed by atoms with Crippen molar-refractivity contribution in [3.05, 3.63) is 89.5 Å². The number of nitrogens with zero attached hydrogens (tertiary/aromatic N) is 1. The van der Waals surface area contributed by atoms with E-state index in [-0.39, 0.29) is 6.10 Å². The van der Waals surface area contributed by atoms with Gasteiger partial charge in [-0.2, -0.15) is 0 Å². The van der Waals surface area contributed by atoms with E-state index in [2.05, 4.69) is 0 Å². The molecule has 0 heterocycles. The first-order chi connectivity index (χ1) is 13.3. The zero-order chi connectivity index (χ0) is 19.1. The van der Waals surface area contributed by atoms with Crippen LogP contribution in [0.25, 0.3) is 0 Å². The molecule has 138 valence electrons. The molecule has 0 fully saturated rings. The lowest BCUT2D eigenvalue weighted by molar-refractivity contribution is 0.136. The number of rotatable bonds is 7. The monoisotopic (exact) mass is 361 g/mol. The Morgan fingerprint density at radius 1 is 0.778 bits per heavy atom. The smallest absolute Gasteiger partial charge is 0.162 e. The first-order valence-electron chi connectivity index (χ1n) is 8.69. The van der Waals surface area contributed by atoms with Crippen LogP contribution in [0.1, 0.15) is 22.8 Å². The quantitative estimate of drug-likeness (QED) is 0.544. The Balaban J connectivity index is 2.11. The van der Waals surface area contributed by atoms with Gasteiger partial charge in [0.05, 0.1) is 19.9 Å². The summed E-state index contributed by atoms with van der Waals surface area (Å²) in [6.07, 6.45) is 1.57. The van der Waals surface area contributed by atoms with Crippen molar-refractivity contribution in [2.24, 2.45) is 4.99 Å². The topological polar surface area (TPSA) is 40.0 Å². The van der Waals surface area contributed by atoms with Crippen LogP contribution in [0, 0.1) is 0 Å². The van der Waals surface area contributed by atoms with Crippen LogP contribution in [0.4, 0.5) is 5.69 Å². The first-order valence-corrected chi connectivity index (χ1v) is 8.69. The molecule has 1 unspecified atom stereocenters. The molecule has 0 radical (unpaired) electrons. The van der Waals surface area contributed by atoms with Crippen LogP contribution >= 0.6 is 0 Å². The highest BCUT2D eigenvalue weighted by atomic mass is 16.5. The zero-order valence-corrected chi connectivity index (χ0v) is 15.8. The van der Waals surface area contributed by atoms with E-state index in [4.69, 9.17) is 19.2 Å². The summed E-state index contributed by atoms with van der Waals surface area (Å²) in [7, 11) is 4.94. The molecule has 0 spiro atoms. The molecular weight excluding hydrogens is 338 g/mol. The molecule has 0 aliphatic carbocycles. The van der Waals surface area contributed by atoms with Gasteiger partial charge in [-0.05, 0) is 17.2 Å². The van der Waals surface area contributed by atoms with Crippen molar-refractivity contribution in [3.8, 4) is 11.5 Å². The highest BCUT2D eigenvalue weighted by Gasteiger charge is 2.20. The summed E-state index contributed by atoms with van der Waals surface area (Å²) >= 11 is 0. The molecule has 0 saturated heterocycles. The van der Waals surface area contributed by atoms with Gasteiger partial charge in [-0.15, -0.1) is 0 Å². The molecule has 0 N–H and O–H groups in total. The molecule has 0 aromatic heterocycles. The fourth-order valence-electron chi connectivity index (χ4n) is 2.96. The molecule has 4 heteroatoms. The summed E-state index contributed by atoms with van der Waals surface area (Å²) in [4.78, 5) is 4.71. The molecule has 3 aromatic rings. The number of benzene rings is 3. The molecule has 0 aliphatic heterocycles. The van der Waals surface area contributed by atoms with Gasteiger partial charge in [-0.1, -0.05) is 60.7 Å². The van der Waals surface area contributed by atoms with Gasteiger partial charge in [0.1, 0.15) is 6.10 Å². The van der Waals surface area contributed by atoms with E-state index in [1.165, 1.54) is 0 Å². The van der Waals surface area contributed by atoms with Crippen molar-refractivity contribution < 1.29 is 14.2 Å². The van der Waals surface area contributed by atoms with Gasteiger partial charge in [0.25, 0.3) is 0 Å². The van der Waals surface area contributed by atoms with E-state index >= 15 is 0 Å². The van der Waals surface area contributed by atoms with Gasteiger partial charge in [-0.25, -0.2) is 0 Å². The fourth-order valence-corrected chi connectivity index (χ4v) is 2.96. The Bertz CT molecular complexity index is 892. The van der Waals surface area contributed by atoms with Gasteiger partial charge >= 0.3 is 0 Å². The fraction of sp³-hybridized carbons (Fsp3) is 0.174. The molecule has 4 nitrogen and oxygen atoms in total. The van der Waals surface area contributed by atoms with Crippen molar-refractivity contribution in [3.63, 3.8) is 0 Å². The maximum absolute atomic E-state index is 5.82. The van der Waals surface area contributed by atoms with Crippen LogP contribution in [0.5, 0.6) is 11.5 Å². The first kappa shape index (κ1) is 18.7. The molecule has 0 saturated carbocycles. The van der Waals surface area contributed by atoms with E-state index in [0.29, 0.717) is 11.5 Å². The highest BCUT2D eigenvalue weighted by Crippen LogP contribution is 2.40. The SMILES string of the molecule is COc1cc(N=Cc2ccccc2)c(C(OC)c2ccccc2)cc1OC. The van der Waals surface area contributed by atoms with Crippen LogP contribution < -0.4 is 9.47 Å². The van der Waals surface area contributed by atoms with Crippen LogP contribution in [0.3, 0.4) is 0 Å². The van der Waals surface area contributed by atoms with Gasteiger partial charge in [0.2, 0.25) is 0 Å². The number of aliphatic imine (C=N–C) groups is 1. The average molecular weight is 361 g/mol. The summed E-state index contributed by atoms with van der Waals surface area (Å²) in [6.45, 7) is 0. The van der Waals surface area contributed by atoms with Crippen LogP contribution in [-0.2, 0) is 4.74 Å². The number of methoxy groups -OCH3 is 3. The van der Waals surface area contributed by atoms with Crippen molar-refractivity contribution in [1.29, 1.82) is 0 Å². The molecule has 3 rings (SSSR count). The average Bonchev–Trinajstić information content (AvgIpc) is 2.74. The Labute approximate surface area is 160 Å². The van der Waals surface area contributed by atoms with Crippen molar-refractivity contribution in [2.75, 3.05) is 21.3 Å². The standard InChI is InChI=1S/C23H23NO3/c1-25-21-14-19(23(27-3)18-12-8-5-9-13-18)20(15-22(21)26-2)24-16-17-10-6-4-7-11-17/h4-16,23H,1-3H3. The molecule has 0 bridgehead atoms.